The number of carboxylic acids is 2. The SMILES string of the molecule is Cc1c(-c2cc(C(=O)O)c3c(OCc4ccc(S(C)(=O)=O)cc4)ccc(C)c3n2)oc2ccc(-c3ccc4oc(-c5cc(C(=O)O)c6c(O[C@@H](C)c7ccc8nccn8c7)ccc(C)c6n5)c(C)c4c3)cc12. The number of aromatic carboxylic acids is 2. The molecule has 0 bridgehead atoms. The van der Waals surface area contributed by atoms with Crippen molar-refractivity contribution in [2.24, 2.45) is 0 Å². The van der Waals surface area contributed by atoms with Crippen molar-refractivity contribution in [3.63, 3.8) is 0 Å². The average Bonchev–Trinajstić information content (AvgIpc) is 4.08. The second-order valence-electron chi connectivity index (χ2n) is 18.1. The third-order valence-corrected chi connectivity index (χ3v) is 14.4. The second-order valence-corrected chi connectivity index (χ2v) is 20.1. The van der Waals surface area contributed by atoms with Crippen molar-refractivity contribution in [3.05, 3.63) is 172 Å². The highest BCUT2D eigenvalue weighted by atomic mass is 32.2. The van der Waals surface area contributed by atoms with E-state index in [4.69, 9.17) is 28.3 Å². The molecule has 11 aromatic rings. The first-order chi connectivity index (χ1) is 34.5. The molecular weight excluding hydrogens is 933 g/mol. The van der Waals surface area contributed by atoms with Crippen molar-refractivity contribution in [1.82, 2.24) is 19.4 Å². The molecule has 0 aliphatic rings. The van der Waals surface area contributed by atoms with E-state index in [0.29, 0.717) is 72.9 Å². The molecule has 5 aromatic carbocycles. The van der Waals surface area contributed by atoms with E-state index in [1.165, 1.54) is 18.2 Å². The lowest BCUT2D eigenvalue weighted by atomic mass is 9.98. The number of carbonyl (C=O) groups is 2. The summed E-state index contributed by atoms with van der Waals surface area (Å²) in [6, 6.07) is 32.2. The van der Waals surface area contributed by atoms with Crippen molar-refractivity contribution in [1.29, 1.82) is 0 Å². The number of benzene rings is 5. The third kappa shape index (κ3) is 7.93. The van der Waals surface area contributed by atoms with Gasteiger partial charge in [-0.2, -0.15) is 0 Å². The summed E-state index contributed by atoms with van der Waals surface area (Å²) >= 11 is 0. The van der Waals surface area contributed by atoms with E-state index in [0.717, 1.165) is 61.6 Å². The van der Waals surface area contributed by atoms with Gasteiger partial charge in [0.05, 0.1) is 37.8 Å². The van der Waals surface area contributed by atoms with Crippen LogP contribution in [0, 0.1) is 27.7 Å². The van der Waals surface area contributed by atoms with E-state index >= 15 is 0 Å². The van der Waals surface area contributed by atoms with Gasteiger partial charge in [0.2, 0.25) is 0 Å². The van der Waals surface area contributed by atoms with Crippen molar-refractivity contribution < 1.29 is 46.5 Å². The molecule has 72 heavy (non-hydrogen) atoms. The predicted octanol–water partition coefficient (Wildman–Crippen LogP) is 12.7. The van der Waals surface area contributed by atoms with Crippen LogP contribution in [0.5, 0.6) is 11.5 Å². The minimum atomic E-state index is -3.37. The lowest BCUT2D eigenvalue weighted by Crippen LogP contribution is -2.07. The summed E-state index contributed by atoms with van der Waals surface area (Å²) in [4.78, 5) is 40.4. The molecule has 1 atom stereocenters. The number of carboxylic acid groups (broad SMARTS) is 2. The molecular formula is C57H44N4O10S. The number of aryl methyl sites for hydroxylation is 4. The number of furan rings is 2. The summed E-state index contributed by atoms with van der Waals surface area (Å²) in [5, 5.41) is 23.6. The van der Waals surface area contributed by atoms with E-state index < -0.39 is 27.9 Å². The summed E-state index contributed by atoms with van der Waals surface area (Å²) in [5.41, 5.74) is 10.1. The molecule has 0 amide bonds. The van der Waals surface area contributed by atoms with Gasteiger partial charge in [0.25, 0.3) is 0 Å². The van der Waals surface area contributed by atoms with E-state index in [2.05, 4.69) is 4.98 Å². The molecule has 14 nitrogen and oxygen atoms in total. The van der Waals surface area contributed by atoms with Gasteiger partial charge in [-0.05, 0) is 129 Å². The highest BCUT2D eigenvalue weighted by Crippen LogP contribution is 2.42. The van der Waals surface area contributed by atoms with Crippen molar-refractivity contribution in [2.45, 2.75) is 52.2 Å². The fraction of sp³-hybridized carbons (Fsp3) is 0.140. The zero-order chi connectivity index (χ0) is 50.3. The number of rotatable bonds is 12. The minimum Gasteiger partial charge on any atom is -0.488 e. The summed E-state index contributed by atoms with van der Waals surface area (Å²) in [7, 11) is -3.37. The highest BCUT2D eigenvalue weighted by Gasteiger charge is 2.25. The van der Waals surface area contributed by atoms with Gasteiger partial charge in [-0.15, -0.1) is 0 Å². The fourth-order valence-electron chi connectivity index (χ4n) is 9.39. The Labute approximate surface area is 411 Å². The van der Waals surface area contributed by atoms with Gasteiger partial charge < -0.3 is 32.9 Å². The molecule has 0 aliphatic carbocycles. The average molecular weight is 977 g/mol. The zero-order valence-electron chi connectivity index (χ0n) is 39.8. The number of imidazole rings is 1. The van der Waals surface area contributed by atoms with Crippen LogP contribution in [0.4, 0.5) is 0 Å². The van der Waals surface area contributed by atoms with Crippen LogP contribution in [0.15, 0.2) is 142 Å². The van der Waals surface area contributed by atoms with E-state index in [9.17, 15) is 28.2 Å². The maximum Gasteiger partial charge on any atom is 0.336 e. The molecule has 0 aliphatic heterocycles. The van der Waals surface area contributed by atoms with Crippen LogP contribution < -0.4 is 9.47 Å². The molecule has 0 spiro atoms. The molecule has 0 saturated heterocycles. The first-order valence-electron chi connectivity index (χ1n) is 22.9. The lowest BCUT2D eigenvalue weighted by Gasteiger charge is -2.19. The Morgan fingerprint density at radius 1 is 0.681 bits per heavy atom. The number of aromatic nitrogens is 4. The Hall–Kier alpha value is -8.82. The maximum atomic E-state index is 13.0. The van der Waals surface area contributed by atoms with Crippen LogP contribution in [0.25, 0.3) is 83.4 Å². The molecule has 0 fully saturated rings. The predicted molar refractivity (Wildman–Crippen MR) is 274 cm³/mol. The molecule has 15 heteroatoms. The first kappa shape index (κ1) is 45.6. The Bertz CT molecular complexity index is 4190. The molecule has 11 rings (SSSR count). The largest absolute Gasteiger partial charge is 0.488 e. The van der Waals surface area contributed by atoms with Crippen molar-refractivity contribution in [3.8, 4) is 45.5 Å². The molecule has 358 valence electrons. The standard InChI is InChI=1S/C57H44N4O10S/c1-29-7-16-47(68-28-34-9-14-38(15-10-34)72(6,66)67)50-41(56(62)63)25-43(59-52(29)50)54-31(3)39-23-35(11-18-45(39)70-54)36-12-19-46-40(24-36)32(4)55(71-46)44-26-42(57(64)65)51-48(17-8-30(2)53(51)60-44)69-33(5)37-13-20-49-58-21-22-61(49)27-37/h7-27,33H,28H2,1-6H3,(H,62,63)(H,64,65)/t33-/m0/s1. The van der Waals surface area contributed by atoms with E-state index in [1.54, 1.807) is 36.5 Å². The molecule has 0 unspecified atom stereocenters. The smallest absolute Gasteiger partial charge is 0.336 e. The zero-order valence-corrected chi connectivity index (χ0v) is 40.6. The number of sulfone groups is 1. The van der Waals surface area contributed by atoms with Crippen LogP contribution in [0.2, 0.25) is 0 Å². The Morgan fingerprint density at radius 3 is 1.76 bits per heavy atom. The molecule has 0 saturated carbocycles. The quantitative estimate of drug-likeness (QED) is 0.117. The van der Waals surface area contributed by atoms with Gasteiger partial charge in [-0.25, -0.2) is 33.0 Å². The van der Waals surface area contributed by atoms with Crippen LogP contribution in [0.3, 0.4) is 0 Å². The van der Waals surface area contributed by atoms with Gasteiger partial charge in [-0.3, -0.25) is 0 Å². The molecule has 6 aromatic heterocycles. The normalized spacial score (nSPS) is 12.4. The van der Waals surface area contributed by atoms with Gasteiger partial charge in [0.15, 0.2) is 21.4 Å². The van der Waals surface area contributed by atoms with Crippen LogP contribution >= 0.6 is 0 Å². The highest BCUT2D eigenvalue weighted by molar-refractivity contribution is 7.90. The molecule has 0 radical (unpaired) electrons. The Morgan fingerprint density at radius 2 is 1.22 bits per heavy atom. The minimum absolute atomic E-state index is 0.0117. The number of nitrogens with zero attached hydrogens (tertiary/aromatic N) is 4. The molecule has 2 N–H and O–H groups in total. The van der Waals surface area contributed by atoms with Gasteiger partial charge in [-0.1, -0.05) is 42.5 Å². The first-order valence-corrected chi connectivity index (χ1v) is 24.8. The lowest BCUT2D eigenvalue weighted by molar-refractivity contribution is 0.0688. The number of pyridine rings is 3. The van der Waals surface area contributed by atoms with Crippen LogP contribution in [-0.4, -0.2) is 56.2 Å². The summed E-state index contributed by atoms with van der Waals surface area (Å²) in [5.74, 6) is -0.700. The van der Waals surface area contributed by atoms with Crippen molar-refractivity contribution in [2.75, 3.05) is 6.26 Å². The van der Waals surface area contributed by atoms with Gasteiger partial charge in [0.1, 0.15) is 52.4 Å². The van der Waals surface area contributed by atoms with Gasteiger partial charge >= 0.3 is 11.9 Å². The third-order valence-electron chi connectivity index (χ3n) is 13.3. The summed E-state index contributed by atoms with van der Waals surface area (Å²) in [6.07, 6.45) is 6.25. The number of ether oxygens (including phenoxy) is 2. The fourth-order valence-corrected chi connectivity index (χ4v) is 10.0. The van der Waals surface area contributed by atoms with Crippen LogP contribution in [0.1, 0.15) is 67.1 Å². The van der Waals surface area contributed by atoms with Crippen LogP contribution in [-0.2, 0) is 16.4 Å². The van der Waals surface area contributed by atoms with E-state index in [1.807, 2.05) is 112 Å². The number of fused-ring (bicyclic) bond motifs is 5. The maximum absolute atomic E-state index is 13.0. The monoisotopic (exact) mass is 976 g/mol. The second kappa shape index (κ2) is 17.2. The summed E-state index contributed by atoms with van der Waals surface area (Å²) < 4.78 is 51.4. The van der Waals surface area contributed by atoms with E-state index in [-0.39, 0.29) is 22.6 Å². The van der Waals surface area contributed by atoms with Crippen molar-refractivity contribution >= 4 is 71.2 Å². The number of hydrogen-bond acceptors (Lipinski definition) is 11. The Balaban J connectivity index is 0.914. The van der Waals surface area contributed by atoms with Gasteiger partial charge in [0, 0.05) is 52.3 Å². The Kier molecular flexibility index (Phi) is 10.9. The molecule has 6 heterocycles. The summed E-state index contributed by atoms with van der Waals surface area (Å²) in [6.45, 7) is 9.56. The topological polar surface area (TPSA) is 197 Å². The number of hydrogen-bond donors (Lipinski definition) is 2.